The van der Waals surface area contributed by atoms with Crippen LogP contribution in [0.5, 0.6) is 5.75 Å². The Labute approximate surface area is 141 Å². The van der Waals surface area contributed by atoms with Gasteiger partial charge in [-0.1, -0.05) is 6.92 Å². The summed E-state index contributed by atoms with van der Waals surface area (Å²) in [5.74, 6) is 1.44. The molecule has 0 radical (unpaired) electrons. The molecule has 2 heterocycles. The van der Waals surface area contributed by atoms with Crippen LogP contribution in [-0.2, 0) is 0 Å². The topological polar surface area (TPSA) is 78.2 Å². The molecule has 0 spiro atoms. The molecule has 6 nitrogen and oxygen atoms in total. The number of ketones is 1. The number of nitrogens with one attached hydrogen (secondary N) is 2. The molecule has 24 heavy (non-hydrogen) atoms. The molecule has 6 heteroatoms. The van der Waals surface area contributed by atoms with Gasteiger partial charge in [-0.25, -0.2) is 4.79 Å². The van der Waals surface area contributed by atoms with Gasteiger partial charge in [0.2, 0.25) is 0 Å². The lowest BCUT2D eigenvalue weighted by Crippen LogP contribution is -2.33. The van der Waals surface area contributed by atoms with Crippen molar-refractivity contribution >= 4 is 16.8 Å². The monoisotopic (exact) mass is 331 g/mol. The maximum atomic E-state index is 12.6. The number of likely N-dealkylation sites (tertiary alicyclic amines) is 1. The van der Waals surface area contributed by atoms with Crippen molar-refractivity contribution in [1.29, 1.82) is 0 Å². The number of carbonyl (C=O) groups excluding carboxylic acids is 1. The van der Waals surface area contributed by atoms with E-state index in [1.165, 1.54) is 12.8 Å². The molecule has 1 aromatic heterocycles. The van der Waals surface area contributed by atoms with E-state index in [0.29, 0.717) is 28.8 Å². The number of rotatable bonds is 6. The summed E-state index contributed by atoms with van der Waals surface area (Å²) in [7, 11) is 1.54. The molecule has 2 aromatic rings. The number of aromatic amines is 2. The Kier molecular flexibility index (Phi) is 5.04. The highest BCUT2D eigenvalue weighted by Crippen LogP contribution is 2.25. The minimum absolute atomic E-state index is 0.0586. The van der Waals surface area contributed by atoms with Crippen LogP contribution in [-0.4, -0.2) is 47.4 Å². The zero-order valence-electron chi connectivity index (χ0n) is 14.4. The van der Waals surface area contributed by atoms with Gasteiger partial charge in [0.05, 0.1) is 12.6 Å². The van der Waals surface area contributed by atoms with Gasteiger partial charge in [0.1, 0.15) is 11.3 Å². The van der Waals surface area contributed by atoms with Gasteiger partial charge in [-0.3, -0.25) is 4.79 Å². The van der Waals surface area contributed by atoms with E-state index < -0.39 is 0 Å². The number of aromatic nitrogens is 2. The van der Waals surface area contributed by atoms with Crippen LogP contribution in [0.25, 0.3) is 11.0 Å². The molecule has 2 N–H and O–H groups in total. The van der Waals surface area contributed by atoms with E-state index in [-0.39, 0.29) is 11.5 Å². The van der Waals surface area contributed by atoms with Crippen molar-refractivity contribution < 1.29 is 9.53 Å². The molecule has 1 saturated heterocycles. The van der Waals surface area contributed by atoms with Crippen molar-refractivity contribution in [3.05, 3.63) is 28.2 Å². The Morgan fingerprint density at radius 3 is 2.67 bits per heavy atom. The van der Waals surface area contributed by atoms with Gasteiger partial charge in [0, 0.05) is 12.0 Å². The number of carbonyl (C=O) groups is 1. The Balaban J connectivity index is 1.65. The first-order valence-corrected chi connectivity index (χ1v) is 8.63. The van der Waals surface area contributed by atoms with Crippen molar-refractivity contribution in [3.63, 3.8) is 0 Å². The molecule has 0 aliphatic carbocycles. The van der Waals surface area contributed by atoms with Crippen molar-refractivity contribution in [3.8, 4) is 5.75 Å². The van der Waals surface area contributed by atoms with Gasteiger partial charge >= 0.3 is 5.69 Å². The minimum Gasteiger partial charge on any atom is -0.494 e. The van der Waals surface area contributed by atoms with Gasteiger partial charge in [0.15, 0.2) is 5.78 Å². The Morgan fingerprint density at radius 2 is 1.96 bits per heavy atom. The molecule has 1 aliphatic rings. The molecule has 0 unspecified atom stereocenters. The summed E-state index contributed by atoms with van der Waals surface area (Å²) in [5, 5.41) is 0. The van der Waals surface area contributed by atoms with Gasteiger partial charge in [0.25, 0.3) is 0 Å². The van der Waals surface area contributed by atoms with Crippen molar-refractivity contribution in [2.45, 2.75) is 32.6 Å². The van der Waals surface area contributed by atoms with E-state index in [4.69, 9.17) is 4.74 Å². The van der Waals surface area contributed by atoms with Gasteiger partial charge in [-0.15, -0.1) is 0 Å². The van der Waals surface area contributed by atoms with Gasteiger partial charge in [-0.2, -0.15) is 0 Å². The fraction of sp³-hybridized carbons (Fsp3) is 0.556. The highest BCUT2D eigenvalue weighted by atomic mass is 16.5. The molecule has 1 aliphatic heterocycles. The van der Waals surface area contributed by atoms with Crippen LogP contribution in [0.3, 0.4) is 0 Å². The number of hydrogen-bond donors (Lipinski definition) is 2. The average Bonchev–Trinajstić information content (AvgIpc) is 2.96. The van der Waals surface area contributed by atoms with E-state index in [1.807, 2.05) is 0 Å². The second-order valence-electron chi connectivity index (χ2n) is 6.70. The molecule has 1 aromatic carbocycles. The van der Waals surface area contributed by atoms with Crippen LogP contribution in [0, 0.1) is 5.92 Å². The van der Waals surface area contributed by atoms with Crippen LogP contribution < -0.4 is 10.4 Å². The predicted molar refractivity (Wildman–Crippen MR) is 93.9 cm³/mol. The number of hydrogen-bond acceptors (Lipinski definition) is 4. The normalized spacial score (nSPS) is 16.6. The zero-order chi connectivity index (χ0) is 17.1. The maximum absolute atomic E-state index is 12.6. The lowest BCUT2D eigenvalue weighted by atomic mass is 9.98. The Bertz CT molecular complexity index is 769. The van der Waals surface area contributed by atoms with Crippen LogP contribution in [0.15, 0.2) is 16.9 Å². The summed E-state index contributed by atoms with van der Waals surface area (Å²) >= 11 is 0. The number of methoxy groups -OCH3 is 1. The molecule has 3 rings (SSSR count). The number of piperidine rings is 1. The SMILES string of the molecule is COc1ccc(C(=O)CCCN2CCC(C)CC2)c2[nH]c(=O)[nH]c12. The van der Waals surface area contributed by atoms with Crippen LogP contribution in [0.1, 0.15) is 43.0 Å². The molecule has 0 bridgehead atoms. The standard InChI is InChI=1S/C18H25N3O3/c1-12-7-10-21(11-8-12)9-3-4-14(22)13-5-6-15(24-2)17-16(13)19-18(23)20-17/h5-6,12H,3-4,7-11H2,1-2H3,(H2,19,20,23). The summed E-state index contributed by atoms with van der Waals surface area (Å²) in [4.78, 5) is 32.0. The number of fused-ring (bicyclic) bond motifs is 1. The third-order valence-corrected chi connectivity index (χ3v) is 4.92. The summed E-state index contributed by atoms with van der Waals surface area (Å²) < 4.78 is 5.24. The van der Waals surface area contributed by atoms with Crippen molar-refractivity contribution in [2.24, 2.45) is 5.92 Å². The quantitative estimate of drug-likeness (QED) is 0.798. The second kappa shape index (κ2) is 7.21. The summed E-state index contributed by atoms with van der Waals surface area (Å²) in [6.45, 7) is 5.52. The van der Waals surface area contributed by atoms with E-state index in [9.17, 15) is 9.59 Å². The number of imidazole rings is 1. The summed E-state index contributed by atoms with van der Waals surface area (Å²) in [6.07, 6.45) is 3.82. The van der Waals surface area contributed by atoms with Gasteiger partial charge < -0.3 is 19.6 Å². The largest absolute Gasteiger partial charge is 0.494 e. The summed E-state index contributed by atoms with van der Waals surface area (Å²) in [5.41, 5.74) is 1.32. The van der Waals surface area contributed by atoms with Crippen LogP contribution in [0.4, 0.5) is 0 Å². The van der Waals surface area contributed by atoms with Crippen molar-refractivity contribution in [1.82, 2.24) is 14.9 Å². The van der Waals surface area contributed by atoms with Gasteiger partial charge in [-0.05, 0) is 56.9 Å². The first kappa shape index (κ1) is 16.8. The van der Waals surface area contributed by atoms with E-state index in [1.54, 1.807) is 19.2 Å². The lowest BCUT2D eigenvalue weighted by Gasteiger charge is -2.30. The minimum atomic E-state index is -0.328. The zero-order valence-corrected chi connectivity index (χ0v) is 14.4. The van der Waals surface area contributed by atoms with E-state index in [2.05, 4.69) is 21.8 Å². The first-order valence-electron chi connectivity index (χ1n) is 8.63. The second-order valence-corrected chi connectivity index (χ2v) is 6.70. The average molecular weight is 331 g/mol. The summed E-state index contributed by atoms with van der Waals surface area (Å²) in [6, 6.07) is 3.46. The molecular weight excluding hydrogens is 306 g/mol. The fourth-order valence-electron chi connectivity index (χ4n) is 3.38. The van der Waals surface area contributed by atoms with E-state index in [0.717, 1.165) is 32.0 Å². The number of ether oxygens (including phenoxy) is 1. The Hall–Kier alpha value is -2.08. The maximum Gasteiger partial charge on any atom is 0.323 e. The van der Waals surface area contributed by atoms with E-state index >= 15 is 0 Å². The molecular formula is C18H25N3O3. The molecule has 130 valence electrons. The number of benzene rings is 1. The Morgan fingerprint density at radius 1 is 1.25 bits per heavy atom. The first-order chi connectivity index (χ1) is 11.6. The van der Waals surface area contributed by atoms with Crippen molar-refractivity contribution in [2.75, 3.05) is 26.7 Å². The highest BCUT2D eigenvalue weighted by molar-refractivity contribution is 6.07. The molecule has 0 amide bonds. The third-order valence-electron chi connectivity index (χ3n) is 4.92. The van der Waals surface area contributed by atoms with Crippen LogP contribution in [0.2, 0.25) is 0 Å². The highest BCUT2D eigenvalue weighted by Gasteiger charge is 2.18. The molecule has 0 saturated carbocycles. The van der Waals surface area contributed by atoms with Crippen LogP contribution >= 0.6 is 0 Å². The number of Topliss-reactive ketones (excluding diaryl/α,β-unsaturated/α-hetero) is 1. The fourth-order valence-corrected chi connectivity index (χ4v) is 3.38. The third kappa shape index (κ3) is 3.53. The smallest absolute Gasteiger partial charge is 0.323 e. The predicted octanol–water partition coefficient (Wildman–Crippen LogP) is 2.56. The lowest BCUT2D eigenvalue weighted by molar-refractivity contribution is 0.0972. The number of nitrogens with zero attached hydrogens (tertiary/aromatic N) is 1. The number of H-pyrrole nitrogens is 2. The molecule has 1 fully saturated rings. The molecule has 0 atom stereocenters.